The average Bonchev–Trinajstić information content (AvgIpc) is 3.51. The minimum Gasteiger partial charge on any atom is -0.444 e. The number of carbonyl (C=O) groups is 3. The summed E-state index contributed by atoms with van der Waals surface area (Å²) in [5.41, 5.74) is 2.30. The Morgan fingerprint density at radius 3 is 2.19 bits per heavy atom. The van der Waals surface area contributed by atoms with Gasteiger partial charge in [-0.1, -0.05) is 58.7 Å². The Labute approximate surface area is 224 Å². The fourth-order valence-electron chi connectivity index (χ4n) is 4.65. The van der Waals surface area contributed by atoms with Gasteiger partial charge in [-0.25, -0.2) is 4.79 Å². The molecule has 3 amide bonds. The van der Waals surface area contributed by atoms with E-state index in [0.29, 0.717) is 6.42 Å². The molecule has 6 atom stereocenters. The fraction of sp³-hybridized carbons (Fsp3) is 0.700. The first kappa shape index (κ1) is 30.7. The summed E-state index contributed by atoms with van der Waals surface area (Å²) in [7, 11) is 0. The van der Waals surface area contributed by atoms with E-state index in [2.05, 4.69) is 24.5 Å². The van der Waals surface area contributed by atoms with Crippen LogP contribution in [0, 0.1) is 25.7 Å². The molecule has 0 bridgehead atoms. The van der Waals surface area contributed by atoms with Crippen LogP contribution in [0.15, 0.2) is 18.2 Å². The van der Waals surface area contributed by atoms with Gasteiger partial charge in [-0.3, -0.25) is 9.59 Å². The van der Waals surface area contributed by atoms with Crippen LogP contribution >= 0.6 is 0 Å². The molecule has 0 aromatic heterocycles. The van der Waals surface area contributed by atoms with Gasteiger partial charge in [-0.15, -0.1) is 0 Å². The summed E-state index contributed by atoms with van der Waals surface area (Å²) in [5, 5.41) is 6.00. The summed E-state index contributed by atoms with van der Waals surface area (Å²) in [6, 6.07) is 4.30. The summed E-state index contributed by atoms with van der Waals surface area (Å²) in [4.78, 5) is 42.7. The van der Waals surface area contributed by atoms with Crippen LogP contribution in [0.3, 0.4) is 0 Å². The number of rotatable bonds is 11. The predicted octanol–water partition coefficient (Wildman–Crippen LogP) is 5.83. The molecular weight excluding hydrogens is 466 g/mol. The Hall–Kier alpha value is -2.57. The first-order chi connectivity index (χ1) is 17.2. The number of hydrogen-bond donors (Lipinski definition) is 2. The van der Waals surface area contributed by atoms with E-state index in [0.717, 1.165) is 36.0 Å². The molecule has 0 heterocycles. The first-order valence-corrected chi connectivity index (χ1v) is 13.9. The molecular formula is C30H49N3O4. The molecule has 0 radical (unpaired) electrons. The molecule has 0 spiro atoms. The molecule has 7 heteroatoms. The second-order valence-corrected chi connectivity index (χ2v) is 12.0. The highest BCUT2D eigenvalue weighted by molar-refractivity contribution is 5.93. The van der Waals surface area contributed by atoms with Gasteiger partial charge in [0.1, 0.15) is 17.7 Å². The fourth-order valence-corrected chi connectivity index (χ4v) is 4.65. The lowest BCUT2D eigenvalue weighted by Crippen LogP contribution is -2.56. The highest BCUT2D eigenvalue weighted by Gasteiger charge is 2.49. The van der Waals surface area contributed by atoms with Crippen molar-refractivity contribution in [1.82, 2.24) is 15.5 Å². The number of nitrogens with zero attached hydrogens (tertiary/aromatic N) is 1. The highest BCUT2D eigenvalue weighted by atomic mass is 16.6. The van der Waals surface area contributed by atoms with E-state index >= 15 is 0 Å². The molecule has 1 aliphatic rings. The molecule has 2 rings (SSSR count). The number of ether oxygens (including phenoxy) is 1. The van der Waals surface area contributed by atoms with E-state index in [-0.39, 0.29) is 35.7 Å². The lowest BCUT2D eigenvalue weighted by molar-refractivity contribution is -0.144. The van der Waals surface area contributed by atoms with Crippen LogP contribution in [0.4, 0.5) is 4.79 Å². The summed E-state index contributed by atoms with van der Waals surface area (Å²) in [6.45, 7) is 19.6. The van der Waals surface area contributed by atoms with Crippen molar-refractivity contribution in [1.29, 1.82) is 0 Å². The van der Waals surface area contributed by atoms with Gasteiger partial charge in [0, 0.05) is 12.1 Å². The van der Waals surface area contributed by atoms with Crippen LogP contribution in [0.2, 0.25) is 0 Å². The molecule has 1 aromatic rings. The van der Waals surface area contributed by atoms with Crippen LogP contribution in [-0.2, 0) is 14.3 Å². The Kier molecular flexibility index (Phi) is 10.6. The van der Waals surface area contributed by atoms with Crippen molar-refractivity contribution in [2.24, 2.45) is 11.8 Å². The summed E-state index contributed by atoms with van der Waals surface area (Å²) >= 11 is 0. The van der Waals surface area contributed by atoms with E-state index in [1.165, 1.54) is 0 Å². The van der Waals surface area contributed by atoms with Crippen molar-refractivity contribution in [2.75, 3.05) is 0 Å². The summed E-state index contributed by atoms with van der Waals surface area (Å²) in [6.07, 6.45) is 2.69. The van der Waals surface area contributed by atoms with Crippen LogP contribution in [0.25, 0.3) is 0 Å². The number of hydrogen-bond acceptors (Lipinski definition) is 4. The van der Waals surface area contributed by atoms with Gasteiger partial charge in [-0.2, -0.15) is 0 Å². The smallest absolute Gasteiger partial charge is 0.408 e. The average molecular weight is 516 g/mol. The third-order valence-corrected chi connectivity index (χ3v) is 7.31. The molecule has 7 nitrogen and oxygen atoms in total. The van der Waals surface area contributed by atoms with Crippen molar-refractivity contribution in [3.63, 3.8) is 0 Å². The molecule has 37 heavy (non-hydrogen) atoms. The molecule has 0 saturated heterocycles. The molecule has 0 aliphatic heterocycles. The number of nitrogens with one attached hydrogen (secondary N) is 2. The minimum absolute atomic E-state index is 0.00891. The molecule has 1 aromatic carbocycles. The molecule has 1 aliphatic carbocycles. The Morgan fingerprint density at radius 1 is 1.08 bits per heavy atom. The van der Waals surface area contributed by atoms with Gasteiger partial charge in [0.05, 0.1) is 0 Å². The molecule has 1 saturated carbocycles. The Balaban J connectivity index is 2.54. The quantitative estimate of drug-likeness (QED) is 0.388. The van der Waals surface area contributed by atoms with Gasteiger partial charge >= 0.3 is 6.09 Å². The minimum atomic E-state index is -0.803. The monoisotopic (exact) mass is 515 g/mol. The maximum absolute atomic E-state index is 14.3. The van der Waals surface area contributed by atoms with Gasteiger partial charge in [0.15, 0.2) is 0 Å². The summed E-state index contributed by atoms with van der Waals surface area (Å²) < 4.78 is 5.49. The van der Waals surface area contributed by atoms with Crippen molar-refractivity contribution in [3.05, 3.63) is 34.9 Å². The molecule has 1 fully saturated rings. The lowest BCUT2D eigenvalue weighted by atomic mass is 9.94. The Morgan fingerprint density at radius 2 is 1.70 bits per heavy atom. The normalized spacial score (nSPS) is 20.3. The topological polar surface area (TPSA) is 87.7 Å². The van der Waals surface area contributed by atoms with Crippen molar-refractivity contribution in [3.8, 4) is 0 Å². The zero-order valence-corrected chi connectivity index (χ0v) is 24.6. The molecule has 208 valence electrons. The van der Waals surface area contributed by atoms with Gasteiger partial charge in [0.2, 0.25) is 11.8 Å². The third kappa shape index (κ3) is 8.47. The molecule has 6 unspecified atom stereocenters. The van der Waals surface area contributed by atoms with E-state index in [1.54, 1.807) is 25.7 Å². The first-order valence-electron chi connectivity index (χ1n) is 13.9. The van der Waals surface area contributed by atoms with E-state index in [9.17, 15) is 14.4 Å². The van der Waals surface area contributed by atoms with Gasteiger partial charge < -0.3 is 20.3 Å². The number of benzene rings is 1. The number of carbonyl (C=O) groups excluding carboxylic acids is 3. The lowest BCUT2D eigenvalue weighted by Gasteiger charge is -2.37. The maximum atomic E-state index is 14.3. The van der Waals surface area contributed by atoms with Crippen LogP contribution in [-0.4, -0.2) is 46.5 Å². The van der Waals surface area contributed by atoms with E-state index < -0.39 is 23.8 Å². The Bertz CT molecular complexity index is 955. The third-order valence-electron chi connectivity index (χ3n) is 7.31. The zero-order valence-electron chi connectivity index (χ0n) is 24.6. The van der Waals surface area contributed by atoms with E-state index in [1.807, 2.05) is 52.8 Å². The standard InChI is InChI=1S/C30H49N3O4/c1-11-13-22(7)31-27(34)26(23-15-14-19(4)20(5)16-23)33(24-17-21(24)6)28(35)25(18(3)12-2)32-29(36)37-30(8,9)10/h14-16,18,21-22,24-26H,11-13,17H2,1-10H3,(H,31,34)(H,32,36). The van der Waals surface area contributed by atoms with Crippen LogP contribution < -0.4 is 10.6 Å². The van der Waals surface area contributed by atoms with E-state index in [4.69, 9.17) is 4.74 Å². The van der Waals surface area contributed by atoms with Gasteiger partial charge in [-0.05, 0) is 82.9 Å². The maximum Gasteiger partial charge on any atom is 0.408 e. The van der Waals surface area contributed by atoms with Crippen molar-refractivity contribution < 1.29 is 19.1 Å². The summed E-state index contributed by atoms with van der Waals surface area (Å²) in [5.74, 6) is -0.287. The number of amides is 3. The van der Waals surface area contributed by atoms with Crippen molar-refractivity contribution >= 4 is 17.9 Å². The van der Waals surface area contributed by atoms with Gasteiger partial charge in [0.25, 0.3) is 0 Å². The largest absolute Gasteiger partial charge is 0.444 e. The highest BCUT2D eigenvalue weighted by Crippen LogP contribution is 2.41. The predicted molar refractivity (Wildman–Crippen MR) is 148 cm³/mol. The second kappa shape index (κ2) is 12.8. The van der Waals surface area contributed by atoms with Crippen molar-refractivity contribution in [2.45, 2.75) is 125 Å². The number of aryl methyl sites for hydroxylation is 2. The second-order valence-electron chi connectivity index (χ2n) is 12.0. The zero-order chi connectivity index (χ0) is 28.1. The molecule has 2 N–H and O–H groups in total. The van der Waals surface area contributed by atoms with Crippen LogP contribution in [0.1, 0.15) is 104 Å². The SMILES string of the molecule is CCCC(C)NC(=O)C(c1ccc(C)c(C)c1)N(C(=O)C(NC(=O)OC(C)(C)C)C(C)CC)C1CC1C. The number of alkyl carbamates (subject to hydrolysis) is 1. The van der Waals surface area contributed by atoms with Crippen LogP contribution in [0.5, 0.6) is 0 Å².